The van der Waals surface area contributed by atoms with Crippen LogP contribution in [0.1, 0.15) is 48.0 Å². The molecule has 2 aromatic rings. The monoisotopic (exact) mass is 394 g/mol. The summed E-state index contributed by atoms with van der Waals surface area (Å²) < 4.78 is 0. The Bertz CT molecular complexity index is 860. The van der Waals surface area contributed by atoms with Crippen molar-refractivity contribution in [3.8, 4) is 0 Å². The van der Waals surface area contributed by atoms with Gasteiger partial charge in [-0.15, -0.1) is 0 Å². The summed E-state index contributed by atoms with van der Waals surface area (Å²) in [4.78, 5) is 36.6. The van der Waals surface area contributed by atoms with E-state index in [4.69, 9.17) is 0 Å². The Morgan fingerprint density at radius 3 is 2.38 bits per heavy atom. The Kier molecular flexibility index (Phi) is 7.00. The molecule has 0 aliphatic heterocycles. The van der Waals surface area contributed by atoms with E-state index in [1.54, 1.807) is 24.3 Å². The first kappa shape index (κ1) is 20.6. The first-order valence-electron chi connectivity index (χ1n) is 10.0. The topological polar surface area (TPSA) is 95.5 Å². The number of carbonyl (C=O) groups excluding carboxylic acids is 2. The van der Waals surface area contributed by atoms with Gasteiger partial charge in [-0.25, -0.2) is 4.79 Å². The third kappa shape index (κ3) is 5.91. The van der Waals surface area contributed by atoms with Gasteiger partial charge < -0.3 is 15.7 Å². The minimum absolute atomic E-state index is 0.0171. The molecule has 1 saturated carbocycles. The van der Waals surface area contributed by atoms with Gasteiger partial charge in [-0.2, -0.15) is 0 Å². The highest BCUT2D eigenvalue weighted by Crippen LogP contribution is 2.25. The van der Waals surface area contributed by atoms with Gasteiger partial charge in [-0.05, 0) is 36.6 Å². The number of amides is 2. The minimum Gasteiger partial charge on any atom is -0.480 e. The van der Waals surface area contributed by atoms with Crippen LogP contribution in [0.15, 0.2) is 54.6 Å². The van der Waals surface area contributed by atoms with Gasteiger partial charge in [0.05, 0.1) is 0 Å². The summed E-state index contributed by atoms with van der Waals surface area (Å²) in [7, 11) is 0. The van der Waals surface area contributed by atoms with Crippen LogP contribution in [0, 0.1) is 5.92 Å². The zero-order valence-corrected chi connectivity index (χ0v) is 16.3. The molecule has 29 heavy (non-hydrogen) atoms. The second-order valence-corrected chi connectivity index (χ2v) is 7.46. The van der Waals surface area contributed by atoms with Gasteiger partial charge in [-0.1, -0.05) is 55.7 Å². The number of carboxylic acids is 1. The van der Waals surface area contributed by atoms with Crippen molar-refractivity contribution in [2.24, 2.45) is 5.92 Å². The van der Waals surface area contributed by atoms with Crippen molar-refractivity contribution < 1.29 is 19.5 Å². The van der Waals surface area contributed by atoms with Crippen LogP contribution < -0.4 is 10.6 Å². The highest BCUT2D eigenvalue weighted by Gasteiger charge is 2.23. The molecule has 1 aliphatic carbocycles. The number of rotatable bonds is 7. The maximum absolute atomic E-state index is 12.6. The fourth-order valence-corrected chi connectivity index (χ4v) is 3.64. The van der Waals surface area contributed by atoms with E-state index in [1.807, 2.05) is 30.3 Å². The molecule has 3 rings (SSSR count). The summed E-state index contributed by atoms with van der Waals surface area (Å²) in [6, 6.07) is 14.7. The van der Waals surface area contributed by atoms with Crippen LogP contribution in [0.5, 0.6) is 0 Å². The van der Waals surface area contributed by atoms with Crippen molar-refractivity contribution in [1.29, 1.82) is 0 Å². The van der Waals surface area contributed by atoms with Crippen molar-refractivity contribution in [3.63, 3.8) is 0 Å². The number of anilines is 1. The number of carboxylic acid groups (broad SMARTS) is 1. The Morgan fingerprint density at radius 1 is 0.966 bits per heavy atom. The lowest BCUT2D eigenvalue weighted by atomic mass is 9.88. The first-order valence-corrected chi connectivity index (χ1v) is 10.0. The quantitative estimate of drug-likeness (QED) is 0.668. The van der Waals surface area contributed by atoms with Crippen molar-refractivity contribution in [2.45, 2.75) is 44.6 Å². The van der Waals surface area contributed by atoms with Crippen molar-refractivity contribution in [1.82, 2.24) is 5.32 Å². The first-order chi connectivity index (χ1) is 14.0. The summed E-state index contributed by atoms with van der Waals surface area (Å²) >= 11 is 0. The fourth-order valence-electron chi connectivity index (χ4n) is 3.64. The molecule has 0 aromatic heterocycles. The van der Waals surface area contributed by atoms with Gasteiger partial charge in [0.1, 0.15) is 6.04 Å². The van der Waals surface area contributed by atoms with E-state index in [-0.39, 0.29) is 18.2 Å². The lowest BCUT2D eigenvalue weighted by Crippen LogP contribution is -2.42. The largest absolute Gasteiger partial charge is 0.480 e. The predicted molar refractivity (Wildman–Crippen MR) is 111 cm³/mol. The highest BCUT2D eigenvalue weighted by molar-refractivity contribution is 5.99. The van der Waals surface area contributed by atoms with E-state index in [1.165, 1.54) is 6.42 Å². The summed E-state index contributed by atoms with van der Waals surface area (Å²) in [5.74, 6) is -1.58. The van der Waals surface area contributed by atoms with Crippen LogP contribution in [-0.4, -0.2) is 28.9 Å². The molecule has 0 radical (unpaired) electrons. The van der Waals surface area contributed by atoms with E-state index in [0.717, 1.165) is 31.2 Å². The van der Waals surface area contributed by atoms with Crippen LogP contribution in [0.2, 0.25) is 0 Å². The number of benzene rings is 2. The third-order valence-corrected chi connectivity index (χ3v) is 5.25. The number of carbonyl (C=O) groups is 3. The van der Waals surface area contributed by atoms with Gasteiger partial charge in [0, 0.05) is 23.6 Å². The molecule has 0 spiro atoms. The molecule has 0 unspecified atom stereocenters. The Hall–Kier alpha value is -3.15. The SMILES string of the molecule is O=C(N[C@@H](Cc1ccccc1)C(=O)O)c1cccc(NC(=O)C2CCCCC2)c1. The molecular weight excluding hydrogens is 368 g/mol. The summed E-state index contributed by atoms with van der Waals surface area (Å²) in [5, 5.41) is 14.9. The molecule has 1 fully saturated rings. The van der Waals surface area contributed by atoms with Gasteiger partial charge in [0.15, 0.2) is 0 Å². The Morgan fingerprint density at radius 2 is 1.69 bits per heavy atom. The molecule has 3 N–H and O–H groups in total. The molecule has 1 aliphatic rings. The normalized spacial score (nSPS) is 15.3. The van der Waals surface area contributed by atoms with Gasteiger partial charge in [-0.3, -0.25) is 9.59 Å². The van der Waals surface area contributed by atoms with Gasteiger partial charge in [0.2, 0.25) is 5.91 Å². The van der Waals surface area contributed by atoms with E-state index in [9.17, 15) is 19.5 Å². The molecular formula is C23H26N2O4. The minimum atomic E-state index is -1.09. The summed E-state index contributed by atoms with van der Waals surface area (Å²) in [6.45, 7) is 0. The van der Waals surface area contributed by atoms with Crippen LogP contribution in [0.3, 0.4) is 0 Å². The van der Waals surface area contributed by atoms with E-state index < -0.39 is 17.9 Å². The molecule has 152 valence electrons. The summed E-state index contributed by atoms with van der Waals surface area (Å²) in [6.07, 6.45) is 5.29. The molecule has 6 heteroatoms. The van der Waals surface area contributed by atoms with E-state index in [2.05, 4.69) is 10.6 Å². The standard InChI is InChI=1S/C23H26N2O4/c26-21(17-10-5-2-6-11-17)24-19-13-7-12-18(15-19)22(27)25-20(23(28)29)14-16-8-3-1-4-9-16/h1,3-4,7-9,12-13,15,17,20H,2,5-6,10-11,14H2,(H,24,26)(H,25,27)(H,28,29)/t20-/m0/s1. The maximum atomic E-state index is 12.6. The molecule has 0 heterocycles. The maximum Gasteiger partial charge on any atom is 0.326 e. The fraction of sp³-hybridized carbons (Fsp3) is 0.348. The smallest absolute Gasteiger partial charge is 0.326 e. The van der Waals surface area contributed by atoms with Crippen molar-refractivity contribution in [2.75, 3.05) is 5.32 Å². The Labute approximate surface area is 170 Å². The van der Waals surface area contributed by atoms with Crippen LogP contribution in [0.4, 0.5) is 5.69 Å². The third-order valence-electron chi connectivity index (χ3n) is 5.25. The van der Waals surface area contributed by atoms with Crippen LogP contribution in [-0.2, 0) is 16.0 Å². The van der Waals surface area contributed by atoms with Crippen LogP contribution >= 0.6 is 0 Å². The van der Waals surface area contributed by atoms with E-state index in [0.29, 0.717) is 11.3 Å². The van der Waals surface area contributed by atoms with Gasteiger partial charge in [0.25, 0.3) is 5.91 Å². The molecule has 2 aromatic carbocycles. The molecule has 6 nitrogen and oxygen atoms in total. The average molecular weight is 394 g/mol. The number of nitrogens with one attached hydrogen (secondary N) is 2. The summed E-state index contributed by atoms with van der Waals surface area (Å²) in [5.41, 5.74) is 1.68. The van der Waals surface area contributed by atoms with Gasteiger partial charge >= 0.3 is 5.97 Å². The number of aliphatic carboxylic acids is 1. The average Bonchev–Trinajstić information content (AvgIpc) is 2.74. The van der Waals surface area contributed by atoms with Crippen molar-refractivity contribution >= 4 is 23.5 Å². The lowest BCUT2D eigenvalue weighted by molar-refractivity contribution is -0.139. The number of hydrogen-bond donors (Lipinski definition) is 3. The lowest BCUT2D eigenvalue weighted by Gasteiger charge is -2.21. The molecule has 0 saturated heterocycles. The number of hydrogen-bond acceptors (Lipinski definition) is 3. The molecule has 2 amide bonds. The molecule has 1 atom stereocenters. The second-order valence-electron chi connectivity index (χ2n) is 7.46. The zero-order valence-electron chi connectivity index (χ0n) is 16.3. The zero-order chi connectivity index (χ0) is 20.6. The van der Waals surface area contributed by atoms with Crippen LogP contribution in [0.25, 0.3) is 0 Å². The Balaban J connectivity index is 1.64. The molecule has 0 bridgehead atoms. The second kappa shape index (κ2) is 9.87. The predicted octanol–water partition coefficient (Wildman–Crippen LogP) is 3.63. The van der Waals surface area contributed by atoms with E-state index >= 15 is 0 Å². The van der Waals surface area contributed by atoms with Crippen molar-refractivity contribution in [3.05, 3.63) is 65.7 Å². The highest BCUT2D eigenvalue weighted by atomic mass is 16.4.